The SMILES string of the molecule is COc1ccc(-n2c(COc3ccccc3)nnc2SCC(=O)Nc2ccccc2F)cc1. The maximum Gasteiger partial charge on any atom is 0.234 e. The van der Waals surface area contributed by atoms with Crippen LogP contribution in [0, 0.1) is 5.82 Å². The summed E-state index contributed by atoms with van der Waals surface area (Å²) < 4.78 is 26.7. The number of ether oxygens (including phenoxy) is 2. The number of carbonyl (C=O) groups is 1. The van der Waals surface area contributed by atoms with Gasteiger partial charge in [0.2, 0.25) is 5.91 Å². The van der Waals surface area contributed by atoms with Gasteiger partial charge in [-0.05, 0) is 48.5 Å². The van der Waals surface area contributed by atoms with Crippen molar-refractivity contribution in [2.75, 3.05) is 18.2 Å². The molecule has 9 heteroatoms. The van der Waals surface area contributed by atoms with Crippen LogP contribution in [0.4, 0.5) is 10.1 Å². The second-order valence-electron chi connectivity index (χ2n) is 6.85. The summed E-state index contributed by atoms with van der Waals surface area (Å²) in [7, 11) is 1.60. The van der Waals surface area contributed by atoms with E-state index in [0.29, 0.717) is 22.5 Å². The number of hydrogen-bond donors (Lipinski definition) is 1. The zero-order chi connectivity index (χ0) is 23.0. The van der Waals surface area contributed by atoms with E-state index >= 15 is 0 Å². The highest BCUT2D eigenvalue weighted by Gasteiger charge is 2.17. The number of nitrogens with one attached hydrogen (secondary N) is 1. The molecule has 0 bridgehead atoms. The highest BCUT2D eigenvalue weighted by molar-refractivity contribution is 7.99. The van der Waals surface area contributed by atoms with Crippen molar-refractivity contribution in [3.05, 3.63) is 90.5 Å². The van der Waals surface area contributed by atoms with Crippen LogP contribution in [-0.4, -0.2) is 33.5 Å². The molecule has 4 aromatic rings. The number of anilines is 1. The van der Waals surface area contributed by atoms with Crippen LogP contribution in [0.5, 0.6) is 11.5 Å². The van der Waals surface area contributed by atoms with E-state index in [9.17, 15) is 9.18 Å². The maximum atomic E-state index is 13.8. The van der Waals surface area contributed by atoms with Gasteiger partial charge in [0, 0.05) is 5.69 Å². The van der Waals surface area contributed by atoms with Gasteiger partial charge in [0.15, 0.2) is 11.0 Å². The number of para-hydroxylation sites is 2. The molecule has 1 N–H and O–H groups in total. The van der Waals surface area contributed by atoms with Crippen molar-refractivity contribution in [2.45, 2.75) is 11.8 Å². The topological polar surface area (TPSA) is 78.3 Å². The van der Waals surface area contributed by atoms with Crippen LogP contribution < -0.4 is 14.8 Å². The molecular formula is C24H21FN4O3S. The van der Waals surface area contributed by atoms with Crippen LogP contribution in [-0.2, 0) is 11.4 Å². The molecule has 0 aliphatic carbocycles. The van der Waals surface area contributed by atoms with Crippen molar-refractivity contribution in [1.29, 1.82) is 0 Å². The standard InChI is InChI=1S/C24H21FN4O3S/c1-31-18-13-11-17(12-14-18)29-22(15-32-19-7-3-2-4-8-19)27-28-24(29)33-16-23(30)26-21-10-6-5-9-20(21)25/h2-14H,15-16H2,1H3,(H,26,30). The van der Waals surface area contributed by atoms with E-state index in [1.54, 1.807) is 19.2 Å². The highest BCUT2D eigenvalue weighted by atomic mass is 32.2. The van der Waals surface area contributed by atoms with Gasteiger partial charge in [-0.1, -0.05) is 42.1 Å². The molecule has 0 aliphatic rings. The van der Waals surface area contributed by atoms with Crippen molar-refractivity contribution in [2.24, 2.45) is 0 Å². The first kappa shape index (κ1) is 22.3. The summed E-state index contributed by atoms with van der Waals surface area (Å²) in [6.07, 6.45) is 0. The van der Waals surface area contributed by atoms with Crippen LogP contribution in [0.1, 0.15) is 5.82 Å². The smallest absolute Gasteiger partial charge is 0.234 e. The molecule has 1 heterocycles. The van der Waals surface area contributed by atoms with Crippen LogP contribution in [0.25, 0.3) is 5.69 Å². The summed E-state index contributed by atoms with van der Waals surface area (Å²) in [4.78, 5) is 12.4. The summed E-state index contributed by atoms with van der Waals surface area (Å²) in [6.45, 7) is 0.186. The molecule has 0 unspecified atom stereocenters. The third kappa shape index (κ3) is 5.69. The number of thioether (sulfide) groups is 1. The molecule has 7 nitrogen and oxygen atoms in total. The van der Waals surface area contributed by atoms with Gasteiger partial charge in [0.05, 0.1) is 18.6 Å². The number of carbonyl (C=O) groups excluding carboxylic acids is 1. The Bertz CT molecular complexity index is 1220. The van der Waals surface area contributed by atoms with E-state index < -0.39 is 5.82 Å². The fraction of sp³-hybridized carbons (Fsp3) is 0.125. The van der Waals surface area contributed by atoms with Crippen LogP contribution in [0.2, 0.25) is 0 Å². The zero-order valence-electron chi connectivity index (χ0n) is 17.8. The summed E-state index contributed by atoms with van der Waals surface area (Å²) in [6, 6.07) is 22.8. The van der Waals surface area contributed by atoms with E-state index in [4.69, 9.17) is 9.47 Å². The number of hydrogen-bond acceptors (Lipinski definition) is 6. The van der Waals surface area contributed by atoms with Crippen molar-refractivity contribution >= 4 is 23.4 Å². The Hall–Kier alpha value is -3.85. The zero-order valence-corrected chi connectivity index (χ0v) is 18.6. The Morgan fingerprint density at radius 2 is 1.70 bits per heavy atom. The fourth-order valence-electron chi connectivity index (χ4n) is 3.02. The van der Waals surface area contributed by atoms with E-state index in [1.807, 2.05) is 59.2 Å². The Morgan fingerprint density at radius 1 is 0.970 bits per heavy atom. The van der Waals surface area contributed by atoms with Crippen molar-refractivity contribution in [1.82, 2.24) is 14.8 Å². The summed E-state index contributed by atoms with van der Waals surface area (Å²) >= 11 is 1.20. The number of halogens is 1. The van der Waals surface area contributed by atoms with Gasteiger partial charge in [0.1, 0.15) is 23.9 Å². The third-order valence-corrected chi connectivity index (χ3v) is 5.55. The van der Waals surface area contributed by atoms with Crippen LogP contribution in [0.3, 0.4) is 0 Å². The maximum absolute atomic E-state index is 13.8. The third-order valence-electron chi connectivity index (χ3n) is 4.62. The minimum Gasteiger partial charge on any atom is -0.497 e. The summed E-state index contributed by atoms with van der Waals surface area (Å²) in [5.74, 6) is 1.19. The minimum atomic E-state index is -0.488. The Kier molecular flexibility index (Phi) is 7.21. The van der Waals surface area contributed by atoms with Gasteiger partial charge in [-0.2, -0.15) is 0 Å². The molecule has 168 valence electrons. The van der Waals surface area contributed by atoms with E-state index in [0.717, 1.165) is 5.69 Å². The summed E-state index contributed by atoms with van der Waals surface area (Å²) in [5, 5.41) is 11.6. The minimum absolute atomic E-state index is 0.0299. The van der Waals surface area contributed by atoms with E-state index in [1.165, 1.54) is 23.9 Å². The molecule has 33 heavy (non-hydrogen) atoms. The average molecular weight is 465 g/mol. The largest absolute Gasteiger partial charge is 0.497 e. The second kappa shape index (κ2) is 10.6. The quantitative estimate of drug-likeness (QED) is 0.361. The molecule has 0 atom stereocenters. The predicted octanol–water partition coefficient (Wildman–Crippen LogP) is 4.72. The molecule has 1 amide bonds. The number of benzene rings is 3. The van der Waals surface area contributed by atoms with Gasteiger partial charge in [-0.15, -0.1) is 10.2 Å². The lowest BCUT2D eigenvalue weighted by molar-refractivity contribution is -0.113. The lowest BCUT2D eigenvalue weighted by atomic mass is 10.3. The molecule has 0 aliphatic heterocycles. The molecule has 1 aromatic heterocycles. The lowest BCUT2D eigenvalue weighted by Crippen LogP contribution is -2.15. The van der Waals surface area contributed by atoms with Crippen molar-refractivity contribution in [3.63, 3.8) is 0 Å². The number of nitrogens with zero attached hydrogens (tertiary/aromatic N) is 3. The average Bonchev–Trinajstić information content (AvgIpc) is 3.26. The number of amides is 1. The van der Waals surface area contributed by atoms with Crippen molar-refractivity contribution in [3.8, 4) is 17.2 Å². The molecule has 0 fully saturated rings. The second-order valence-corrected chi connectivity index (χ2v) is 7.79. The Balaban J connectivity index is 1.52. The monoisotopic (exact) mass is 464 g/mol. The molecule has 0 radical (unpaired) electrons. The van der Waals surface area contributed by atoms with E-state index in [2.05, 4.69) is 15.5 Å². The predicted molar refractivity (Wildman–Crippen MR) is 124 cm³/mol. The molecule has 0 saturated carbocycles. The van der Waals surface area contributed by atoms with Gasteiger partial charge in [0.25, 0.3) is 0 Å². The van der Waals surface area contributed by atoms with Crippen LogP contribution in [0.15, 0.2) is 84.0 Å². The lowest BCUT2D eigenvalue weighted by Gasteiger charge is -2.12. The first-order valence-corrected chi connectivity index (χ1v) is 11.1. The molecule has 0 spiro atoms. The first-order chi connectivity index (χ1) is 16.1. The van der Waals surface area contributed by atoms with Crippen LogP contribution >= 0.6 is 11.8 Å². The summed E-state index contributed by atoms with van der Waals surface area (Å²) in [5.41, 5.74) is 0.932. The number of rotatable bonds is 9. The normalized spacial score (nSPS) is 10.6. The van der Waals surface area contributed by atoms with Gasteiger partial charge in [-0.3, -0.25) is 9.36 Å². The number of aromatic nitrogens is 3. The van der Waals surface area contributed by atoms with E-state index in [-0.39, 0.29) is 24.0 Å². The Labute approximate surface area is 194 Å². The highest BCUT2D eigenvalue weighted by Crippen LogP contribution is 2.25. The fourth-order valence-corrected chi connectivity index (χ4v) is 3.79. The van der Waals surface area contributed by atoms with Gasteiger partial charge < -0.3 is 14.8 Å². The molecular weight excluding hydrogens is 443 g/mol. The molecule has 3 aromatic carbocycles. The molecule has 0 saturated heterocycles. The number of methoxy groups -OCH3 is 1. The van der Waals surface area contributed by atoms with Crippen molar-refractivity contribution < 1.29 is 18.7 Å². The molecule has 4 rings (SSSR count). The van der Waals surface area contributed by atoms with Gasteiger partial charge >= 0.3 is 0 Å². The Morgan fingerprint density at radius 3 is 2.42 bits per heavy atom. The first-order valence-electron chi connectivity index (χ1n) is 10.1. The van der Waals surface area contributed by atoms with Gasteiger partial charge in [-0.25, -0.2) is 4.39 Å².